The summed E-state index contributed by atoms with van der Waals surface area (Å²) >= 11 is 0. The van der Waals surface area contributed by atoms with Crippen LogP contribution in [0.25, 0.3) is 10.9 Å². The van der Waals surface area contributed by atoms with Crippen molar-refractivity contribution in [2.45, 2.75) is 64.2 Å². The van der Waals surface area contributed by atoms with E-state index in [1.165, 1.54) is 7.11 Å². The van der Waals surface area contributed by atoms with E-state index in [0.29, 0.717) is 30.5 Å². The molecule has 1 aliphatic carbocycles. The lowest BCUT2D eigenvalue weighted by molar-refractivity contribution is -0.0683. The smallest absolute Gasteiger partial charge is 0.337 e. The largest absolute Gasteiger partial charge is 0.465 e. The second-order valence-electron chi connectivity index (χ2n) is 8.63. The molecule has 4 rings (SSSR count). The first-order valence-electron chi connectivity index (χ1n) is 10.8. The summed E-state index contributed by atoms with van der Waals surface area (Å²) in [4.78, 5) is 14.3. The lowest BCUT2D eigenvalue weighted by Crippen LogP contribution is -2.45. The number of halogens is 2. The molecule has 7 heteroatoms. The van der Waals surface area contributed by atoms with Gasteiger partial charge in [-0.15, -0.1) is 0 Å². The van der Waals surface area contributed by atoms with E-state index < -0.39 is 11.9 Å². The van der Waals surface area contributed by atoms with Gasteiger partial charge in [0.25, 0.3) is 5.92 Å². The van der Waals surface area contributed by atoms with Gasteiger partial charge in [0.1, 0.15) is 0 Å². The maximum atomic E-state index is 15.0. The zero-order chi connectivity index (χ0) is 21.5. The Bertz CT molecular complexity index is 930. The van der Waals surface area contributed by atoms with Crippen LogP contribution in [0.2, 0.25) is 0 Å². The number of nitrogens with zero attached hydrogens (tertiary/aromatic N) is 2. The van der Waals surface area contributed by atoms with E-state index in [1.54, 1.807) is 22.8 Å². The lowest BCUT2D eigenvalue weighted by atomic mass is 9.92. The molecule has 0 spiro atoms. The summed E-state index contributed by atoms with van der Waals surface area (Å²) in [7, 11) is 1.33. The Kier molecular flexibility index (Phi) is 5.86. The number of rotatable bonds is 5. The van der Waals surface area contributed by atoms with Crippen LogP contribution in [0.1, 0.15) is 54.7 Å². The average Bonchev–Trinajstić information content (AvgIpc) is 3.01. The summed E-state index contributed by atoms with van der Waals surface area (Å²) < 4.78 is 42.3. The molecule has 1 aliphatic heterocycles. The molecule has 164 valence electrons. The second kappa shape index (κ2) is 8.27. The van der Waals surface area contributed by atoms with Gasteiger partial charge in [-0.25, -0.2) is 4.79 Å². The van der Waals surface area contributed by atoms with Crippen LogP contribution in [0.3, 0.4) is 0 Å². The van der Waals surface area contributed by atoms with Crippen LogP contribution in [0.15, 0.2) is 18.2 Å². The van der Waals surface area contributed by atoms with Crippen LogP contribution in [0.4, 0.5) is 8.78 Å². The Morgan fingerprint density at radius 3 is 2.67 bits per heavy atom. The maximum Gasteiger partial charge on any atom is 0.337 e. The summed E-state index contributed by atoms with van der Waals surface area (Å²) in [6.07, 6.45) is 2.09. The van der Waals surface area contributed by atoms with Crippen LogP contribution < -0.4 is 0 Å². The Hall–Kier alpha value is -1.99. The number of carbonyl (C=O) groups excluding carboxylic acids is 1. The molecule has 2 atom stereocenters. The van der Waals surface area contributed by atoms with E-state index in [0.717, 1.165) is 37.0 Å². The molecule has 0 N–H and O–H groups in total. The van der Waals surface area contributed by atoms with Gasteiger partial charge in [-0.3, -0.25) is 4.90 Å². The van der Waals surface area contributed by atoms with Crippen molar-refractivity contribution in [2.24, 2.45) is 0 Å². The molecule has 0 amide bonds. The molecule has 0 radical (unpaired) electrons. The third-order valence-electron chi connectivity index (χ3n) is 6.20. The molecule has 1 saturated heterocycles. The molecule has 0 saturated carbocycles. The quantitative estimate of drug-likeness (QED) is 0.675. The van der Waals surface area contributed by atoms with Crippen molar-refractivity contribution in [3.05, 3.63) is 35.0 Å². The average molecular weight is 421 g/mol. The number of alkyl halides is 2. The van der Waals surface area contributed by atoms with Crippen molar-refractivity contribution in [1.82, 2.24) is 9.47 Å². The number of aryl methyl sites for hydroxylation is 2. The van der Waals surface area contributed by atoms with Gasteiger partial charge in [0.05, 0.1) is 30.6 Å². The fourth-order valence-electron chi connectivity index (χ4n) is 5.10. The van der Waals surface area contributed by atoms with Crippen LogP contribution in [0.5, 0.6) is 0 Å². The Morgan fingerprint density at radius 1 is 1.23 bits per heavy atom. The first-order valence-corrected chi connectivity index (χ1v) is 10.8. The van der Waals surface area contributed by atoms with Gasteiger partial charge in [-0.05, 0) is 56.9 Å². The number of carbonyl (C=O) groups is 1. The minimum Gasteiger partial charge on any atom is -0.465 e. The summed E-state index contributed by atoms with van der Waals surface area (Å²) in [5, 5.41) is 0.751. The van der Waals surface area contributed by atoms with Gasteiger partial charge in [0, 0.05) is 43.5 Å². The first kappa shape index (κ1) is 21.2. The highest BCUT2D eigenvalue weighted by Crippen LogP contribution is 2.44. The van der Waals surface area contributed by atoms with E-state index in [4.69, 9.17) is 9.47 Å². The fourth-order valence-corrected chi connectivity index (χ4v) is 5.10. The van der Waals surface area contributed by atoms with Crippen molar-refractivity contribution < 1.29 is 23.0 Å². The highest BCUT2D eigenvalue weighted by molar-refractivity contribution is 5.96. The third-order valence-corrected chi connectivity index (χ3v) is 6.20. The number of hydrogen-bond donors (Lipinski definition) is 0. The topological polar surface area (TPSA) is 43.7 Å². The third kappa shape index (κ3) is 3.97. The van der Waals surface area contributed by atoms with Gasteiger partial charge in [-0.1, -0.05) is 0 Å². The predicted octanol–water partition coefficient (Wildman–Crippen LogP) is 4.36. The molecular formula is C23H30F2N2O3. The number of aromatic nitrogens is 1. The van der Waals surface area contributed by atoms with Gasteiger partial charge in [0.2, 0.25) is 0 Å². The number of methoxy groups -OCH3 is 1. The molecule has 2 aliphatic rings. The molecule has 5 nitrogen and oxygen atoms in total. The number of ether oxygens (including phenoxy) is 2. The molecule has 1 fully saturated rings. The monoisotopic (exact) mass is 420 g/mol. The number of esters is 1. The molecule has 2 heterocycles. The van der Waals surface area contributed by atoms with Gasteiger partial charge < -0.3 is 14.0 Å². The van der Waals surface area contributed by atoms with E-state index >= 15 is 0 Å². The SMILES string of the molecule is COC(=O)c1ccc2c(c1)c1c(n2CCCN2CC(C)OC(C)C2)C(F)(F)CCC1. The van der Waals surface area contributed by atoms with E-state index in [9.17, 15) is 13.6 Å². The van der Waals surface area contributed by atoms with E-state index in [-0.39, 0.29) is 24.3 Å². The minimum absolute atomic E-state index is 0.126. The Labute approximate surface area is 175 Å². The molecule has 1 aromatic heterocycles. The number of fused-ring (bicyclic) bond motifs is 3. The Balaban J connectivity index is 1.64. The van der Waals surface area contributed by atoms with Crippen LogP contribution in [-0.4, -0.2) is 54.4 Å². The number of hydrogen-bond acceptors (Lipinski definition) is 4. The zero-order valence-corrected chi connectivity index (χ0v) is 17.9. The van der Waals surface area contributed by atoms with E-state index in [2.05, 4.69) is 18.7 Å². The number of benzene rings is 1. The summed E-state index contributed by atoms with van der Waals surface area (Å²) in [5.41, 5.74) is 1.99. The van der Waals surface area contributed by atoms with Crippen LogP contribution in [-0.2, 0) is 28.4 Å². The standard InChI is InChI=1S/C23H30F2N2O3/c1-15-13-26(14-16(2)30-15)10-5-11-27-20-8-7-17(22(28)29-3)12-19(20)18-6-4-9-23(24,25)21(18)27/h7-8,12,15-16H,4-6,9-11,13-14H2,1-3H3. The van der Waals surface area contributed by atoms with E-state index in [1.807, 2.05) is 0 Å². The highest BCUT2D eigenvalue weighted by atomic mass is 19.3. The van der Waals surface area contributed by atoms with Crippen LogP contribution in [0, 0.1) is 0 Å². The molecule has 1 aromatic carbocycles. The highest BCUT2D eigenvalue weighted by Gasteiger charge is 2.41. The summed E-state index contributed by atoms with van der Waals surface area (Å²) in [6.45, 7) is 7.24. The molecule has 2 aromatic rings. The zero-order valence-electron chi connectivity index (χ0n) is 17.9. The molecule has 2 unspecified atom stereocenters. The Morgan fingerprint density at radius 2 is 1.97 bits per heavy atom. The predicted molar refractivity (Wildman–Crippen MR) is 111 cm³/mol. The summed E-state index contributed by atoms with van der Waals surface area (Å²) in [6, 6.07) is 5.16. The summed E-state index contributed by atoms with van der Waals surface area (Å²) in [5.74, 6) is -3.29. The lowest BCUT2D eigenvalue weighted by Gasteiger charge is -2.35. The maximum absolute atomic E-state index is 15.0. The molecule has 30 heavy (non-hydrogen) atoms. The minimum atomic E-state index is -2.85. The van der Waals surface area contributed by atoms with Gasteiger partial charge >= 0.3 is 5.97 Å². The van der Waals surface area contributed by atoms with Gasteiger partial charge in [0.15, 0.2) is 0 Å². The van der Waals surface area contributed by atoms with Crippen LogP contribution >= 0.6 is 0 Å². The van der Waals surface area contributed by atoms with Crippen molar-refractivity contribution in [2.75, 3.05) is 26.7 Å². The normalized spacial score (nSPS) is 24.0. The second-order valence-corrected chi connectivity index (χ2v) is 8.63. The van der Waals surface area contributed by atoms with Crippen molar-refractivity contribution in [1.29, 1.82) is 0 Å². The van der Waals surface area contributed by atoms with Crippen molar-refractivity contribution in [3.8, 4) is 0 Å². The van der Waals surface area contributed by atoms with Gasteiger partial charge in [-0.2, -0.15) is 8.78 Å². The van der Waals surface area contributed by atoms with Crippen molar-refractivity contribution in [3.63, 3.8) is 0 Å². The number of morpholine rings is 1. The molecular weight excluding hydrogens is 390 g/mol. The van der Waals surface area contributed by atoms with Crippen molar-refractivity contribution >= 4 is 16.9 Å². The fraction of sp³-hybridized carbons (Fsp3) is 0.609. The molecule has 0 bridgehead atoms. The first-order chi connectivity index (χ1) is 14.3.